The second kappa shape index (κ2) is 7.29. The van der Waals surface area contributed by atoms with Crippen LogP contribution in [0.5, 0.6) is 5.75 Å². The molecule has 20 heavy (non-hydrogen) atoms. The summed E-state index contributed by atoms with van der Waals surface area (Å²) in [5.41, 5.74) is 1.11. The Kier molecular flexibility index (Phi) is 5.41. The second-order valence-electron chi connectivity index (χ2n) is 5.50. The number of hydrogen-bond donors (Lipinski definition) is 2. The minimum absolute atomic E-state index is 0.0309. The first-order chi connectivity index (χ1) is 9.65. The number of nitrogens with one attached hydrogen (secondary N) is 2. The van der Waals surface area contributed by atoms with Gasteiger partial charge in [0.05, 0.1) is 6.54 Å². The van der Waals surface area contributed by atoms with Crippen LogP contribution in [0, 0.1) is 6.92 Å². The highest BCUT2D eigenvalue weighted by Gasteiger charge is 2.17. The normalized spacial score (nSPS) is 19.6. The van der Waals surface area contributed by atoms with E-state index >= 15 is 0 Å². The van der Waals surface area contributed by atoms with Gasteiger partial charge < -0.3 is 15.4 Å². The van der Waals surface area contributed by atoms with Crippen molar-refractivity contribution in [2.45, 2.75) is 45.3 Å². The molecule has 1 saturated heterocycles. The van der Waals surface area contributed by atoms with E-state index in [2.05, 4.69) is 10.6 Å². The number of rotatable bonds is 6. The number of amides is 1. The molecule has 2 N–H and O–H groups in total. The third-order valence-electron chi connectivity index (χ3n) is 3.60. The van der Waals surface area contributed by atoms with Crippen LogP contribution in [-0.4, -0.2) is 31.1 Å². The van der Waals surface area contributed by atoms with Gasteiger partial charge in [0.15, 0.2) is 0 Å². The van der Waals surface area contributed by atoms with Gasteiger partial charge in [0, 0.05) is 12.5 Å². The van der Waals surface area contributed by atoms with Gasteiger partial charge in [0.2, 0.25) is 5.91 Å². The van der Waals surface area contributed by atoms with E-state index in [1.165, 1.54) is 6.42 Å². The van der Waals surface area contributed by atoms with Crippen molar-refractivity contribution in [2.75, 3.05) is 13.1 Å². The molecule has 110 valence electrons. The molecule has 0 radical (unpaired) electrons. The summed E-state index contributed by atoms with van der Waals surface area (Å²) in [5, 5.41) is 6.28. The van der Waals surface area contributed by atoms with Crippen molar-refractivity contribution in [3.63, 3.8) is 0 Å². The molecule has 1 aliphatic rings. The number of para-hydroxylation sites is 1. The summed E-state index contributed by atoms with van der Waals surface area (Å²) in [6.07, 6.45) is 2.81. The number of carbonyl (C=O) groups is 1. The van der Waals surface area contributed by atoms with Crippen molar-refractivity contribution in [1.82, 2.24) is 10.6 Å². The largest absolute Gasteiger partial charge is 0.489 e. The molecule has 2 atom stereocenters. The zero-order chi connectivity index (χ0) is 14.4. The molecule has 1 heterocycles. The lowest BCUT2D eigenvalue weighted by atomic mass is 10.1. The molecular formula is C16H24N2O2. The van der Waals surface area contributed by atoms with Crippen molar-refractivity contribution in [2.24, 2.45) is 0 Å². The monoisotopic (exact) mass is 276 g/mol. The Bertz CT molecular complexity index is 442. The van der Waals surface area contributed by atoms with Crippen molar-refractivity contribution < 1.29 is 9.53 Å². The maximum Gasteiger partial charge on any atom is 0.221 e. The van der Waals surface area contributed by atoms with Gasteiger partial charge in [0.25, 0.3) is 0 Å². The average molecular weight is 276 g/mol. The molecule has 0 spiro atoms. The fourth-order valence-corrected chi connectivity index (χ4v) is 2.43. The minimum Gasteiger partial charge on any atom is -0.489 e. The summed E-state index contributed by atoms with van der Waals surface area (Å²) in [7, 11) is 0. The van der Waals surface area contributed by atoms with Crippen LogP contribution in [0.1, 0.15) is 31.7 Å². The first-order valence-corrected chi connectivity index (χ1v) is 7.37. The summed E-state index contributed by atoms with van der Waals surface area (Å²) in [4.78, 5) is 11.8. The highest BCUT2D eigenvalue weighted by atomic mass is 16.5. The molecule has 2 unspecified atom stereocenters. The van der Waals surface area contributed by atoms with Crippen LogP contribution in [0.2, 0.25) is 0 Å². The number of carbonyl (C=O) groups excluding carboxylic acids is 1. The Balaban J connectivity index is 1.70. The smallest absolute Gasteiger partial charge is 0.221 e. The van der Waals surface area contributed by atoms with Crippen LogP contribution in [-0.2, 0) is 4.79 Å². The Morgan fingerprint density at radius 3 is 3.00 bits per heavy atom. The predicted molar refractivity (Wildman–Crippen MR) is 79.9 cm³/mol. The molecule has 4 nitrogen and oxygen atoms in total. The number of hydrogen-bond acceptors (Lipinski definition) is 3. The fourth-order valence-electron chi connectivity index (χ4n) is 2.43. The second-order valence-corrected chi connectivity index (χ2v) is 5.50. The summed E-state index contributed by atoms with van der Waals surface area (Å²) in [5.74, 6) is 0.983. The zero-order valence-electron chi connectivity index (χ0n) is 12.3. The third-order valence-corrected chi connectivity index (χ3v) is 3.60. The van der Waals surface area contributed by atoms with Crippen LogP contribution in [0.15, 0.2) is 24.3 Å². The lowest BCUT2D eigenvalue weighted by Gasteiger charge is -2.17. The first-order valence-electron chi connectivity index (χ1n) is 7.37. The fraction of sp³-hybridized carbons (Fsp3) is 0.562. The van der Waals surface area contributed by atoms with Crippen LogP contribution < -0.4 is 15.4 Å². The molecule has 4 heteroatoms. The molecule has 0 aliphatic carbocycles. The van der Waals surface area contributed by atoms with Gasteiger partial charge in [0.1, 0.15) is 11.9 Å². The van der Waals surface area contributed by atoms with Crippen molar-refractivity contribution in [3.8, 4) is 5.75 Å². The third kappa shape index (κ3) is 4.53. The van der Waals surface area contributed by atoms with Gasteiger partial charge in [-0.2, -0.15) is 0 Å². The topological polar surface area (TPSA) is 50.4 Å². The quantitative estimate of drug-likeness (QED) is 0.836. The van der Waals surface area contributed by atoms with E-state index in [9.17, 15) is 4.79 Å². The van der Waals surface area contributed by atoms with Crippen LogP contribution in [0.4, 0.5) is 0 Å². The molecule has 0 bridgehead atoms. The Morgan fingerprint density at radius 1 is 1.50 bits per heavy atom. The molecule has 1 aromatic carbocycles. The van der Waals surface area contributed by atoms with E-state index in [0.29, 0.717) is 19.0 Å². The van der Waals surface area contributed by atoms with Crippen LogP contribution >= 0.6 is 0 Å². The van der Waals surface area contributed by atoms with E-state index in [1.54, 1.807) is 0 Å². The molecule has 1 amide bonds. The van der Waals surface area contributed by atoms with Gasteiger partial charge in [-0.15, -0.1) is 0 Å². The maximum atomic E-state index is 11.8. The lowest BCUT2D eigenvalue weighted by molar-refractivity contribution is -0.121. The van der Waals surface area contributed by atoms with E-state index in [1.807, 2.05) is 38.1 Å². The molecule has 1 aromatic rings. The Labute approximate surface area is 120 Å². The summed E-state index contributed by atoms with van der Waals surface area (Å²) in [6.45, 7) is 5.57. The van der Waals surface area contributed by atoms with E-state index in [4.69, 9.17) is 4.74 Å². The molecule has 2 rings (SSSR count). The van der Waals surface area contributed by atoms with Crippen LogP contribution in [0.25, 0.3) is 0 Å². The summed E-state index contributed by atoms with van der Waals surface area (Å²) in [6, 6.07) is 8.27. The van der Waals surface area contributed by atoms with Gasteiger partial charge in [-0.1, -0.05) is 18.2 Å². The minimum atomic E-state index is -0.0309. The van der Waals surface area contributed by atoms with E-state index in [0.717, 1.165) is 24.3 Å². The average Bonchev–Trinajstić information content (AvgIpc) is 2.92. The van der Waals surface area contributed by atoms with E-state index < -0.39 is 0 Å². The highest BCUT2D eigenvalue weighted by molar-refractivity contribution is 5.76. The summed E-state index contributed by atoms with van der Waals surface area (Å²) < 4.78 is 5.84. The number of benzene rings is 1. The van der Waals surface area contributed by atoms with Gasteiger partial charge >= 0.3 is 0 Å². The van der Waals surface area contributed by atoms with Gasteiger partial charge in [-0.3, -0.25) is 4.79 Å². The molecule has 0 saturated carbocycles. The summed E-state index contributed by atoms with van der Waals surface area (Å²) >= 11 is 0. The van der Waals surface area contributed by atoms with E-state index in [-0.39, 0.29) is 12.0 Å². The SMILES string of the molecule is Cc1ccccc1OC(C)CNC(=O)CC1CCCN1. The first kappa shape index (κ1) is 14.9. The van der Waals surface area contributed by atoms with Gasteiger partial charge in [-0.05, 0) is 44.9 Å². The molecular weight excluding hydrogens is 252 g/mol. The standard InChI is InChI=1S/C16H24N2O2/c1-12-6-3-4-8-15(12)20-13(2)11-18-16(19)10-14-7-5-9-17-14/h3-4,6,8,13-14,17H,5,7,9-11H2,1-2H3,(H,18,19). The number of ether oxygens (including phenoxy) is 1. The van der Waals surface area contributed by atoms with Crippen molar-refractivity contribution in [1.29, 1.82) is 0 Å². The molecule has 0 aromatic heterocycles. The Hall–Kier alpha value is -1.55. The lowest BCUT2D eigenvalue weighted by Crippen LogP contribution is -2.37. The Morgan fingerprint density at radius 2 is 2.30 bits per heavy atom. The zero-order valence-corrected chi connectivity index (χ0v) is 12.3. The predicted octanol–water partition coefficient (Wildman–Crippen LogP) is 2.02. The molecule has 1 fully saturated rings. The van der Waals surface area contributed by atoms with Crippen molar-refractivity contribution in [3.05, 3.63) is 29.8 Å². The van der Waals surface area contributed by atoms with Gasteiger partial charge in [-0.25, -0.2) is 0 Å². The molecule has 1 aliphatic heterocycles. The maximum absolute atomic E-state index is 11.8. The van der Waals surface area contributed by atoms with Crippen LogP contribution in [0.3, 0.4) is 0 Å². The number of aryl methyl sites for hydroxylation is 1. The van der Waals surface area contributed by atoms with Crippen molar-refractivity contribution >= 4 is 5.91 Å². The highest BCUT2D eigenvalue weighted by Crippen LogP contribution is 2.17.